The van der Waals surface area contributed by atoms with E-state index in [1.54, 1.807) is 0 Å². The Morgan fingerprint density at radius 2 is 1.86 bits per heavy atom. The van der Waals surface area contributed by atoms with Crippen LogP contribution in [0.15, 0.2) is 30.3 Å². The molecule has 0 aliphatic rings. The van der Waals surface area contributed by atoms with E-state index in [2.05, 4.69) is 19.1 Å². The van der Waals surface area contributed by atoms with Crippen molar-refractivity contribution in [2.75, 3.05) is 6.61 Å². The number of aliphatic hydroxyl groups is 2. The van der Waals surface area contributed by atoms with E-state index in [-0.39, 0.29) is 6.61 Å². The van der Waals surface area contributed by atoms with Gasteiger partial charge >= 0.3 is 0 Å². The highest BCUT2D eigenvalue weighted by molar-refractivity contribution is 5.50. The van der Waals surface area contributed by atoms with Crippen LogP contribution in [0, 0.1) is 0 Å². The minimum absolute atomic E-state index is 0.223. The molecule has 2 unspecified atom stereocenters. The van der Waals surface area contributed by atoms with Crippen molar-refractivity contribution in [3.05, 3.63) is 41.5 Å². The monoisotopic (exact) mass is 305 g/mol. The zero-order valence-corrected chi connectivity index (χ0v) is 13.7. The van der Waals surface area contributed by atoms with E-state index in [0.29, 0.717) is 0 Å². The second-order valence-corrected chi connectivity index (χ2v) is 5.92. The highest BCUT2D eigenvalue weighted by Crippen LogP contribution is 2.18. The number of unbranched alkanes of at least 4 members (excludes halogenated alkanes) is 6. The Bertz CT molecular complexity index is 431. The molecule has 2 atom stereocenters. The smallest absolute Gasteiger partial charge is 0.0963 e. The van der Waals surface area contributed by atoms with Gasteiger partial charge in [0.15, 0.2) is 0 Å². The molecule has 0 saturated heterocycles. The van der Waals surface area contributed by atoms with Crippen molar-refractivity contribution in [1.82, 2.24) is 0 Å². The summed E-state index contributed by atoms with van der Waals surface area (Å²) in [4.78, 5) is 0. The van der Waals surface area contributed by atoms with Crippen LogP contribution < -0.4 is 5.73 Å². The van der Waals surface area contributed by atoms with Crippen molar-refractivity contribution in [2.24, 2.45) is 5.73 Å². The predicted molar refractivity (Wildman–Crippen MR) is 93.5 cm³/mol. The fourth-order valence-electron chi connectivity index (χ4n) is 2.46. The largest absolute Gasteiger partial charge is 0.395 e. The summed E-state index contributed by atoms with van der Waals surface area (Å²) in [6, 6.07) is 7.05. The lowest BCUT2D eigenvalue weighted by Crippen LogP contribution is -2.31. The van der Waals surface area contributed by atoms with Crippen molar-refractivity contribution in [3.63, 3.8) is 0 Å². The van der Waals surface area contributed by atoms with Crippen LogP contribution in [0.5, 0.6) is 0 Å². The molecule has 1 aromatic carbocycles. The first-order valence-corrected chi connectivity index (χ1v) is 8.50. The van der Waals surface area contributed by atoms with Gasteiger partial charge in [-0.3, -0.25) is 0 Å². The Hall–Kier alpha value is -1.16. The van der Waals surface area contributed by atoms with Crippen LogP contribution in [-0.4, -0.2) is 22.9 Å². The molecule has 22 heavy (non-hydrogen) atoms. The van der Waals surface area contributed by atoms with E-state index < -0.39 is 12.1 Å². The Morgan fingerprint density at radius 1 is 1.14 bits per heavy atom. The average Bonchev–Trinajstić information content (AvgIpc) is 2.56. The maximum absolute atomic E-state index is 10.0. The number of nitrogens with two attached hydrogens (primary N) is 1. The van der Waals surface area contributed by atoms with Crippen molar-refractivity contribution in [2.45, 2.75) is 64.0 Å². The lowest BCUT2D eigenvalue weighted by atomic mass is 10.0. The zero-order chi connectivity index (χ0) is 16.2. The molecule has 0 heterocycles. The van der Waals surface area contributed by atoms with E-state index in [0.717, 1.165) is 17.5 Å². The molecule has 124 valence electrons. The van der Waals surface area contributed by atoms with Gasteiger partial charge in [0, 0.05) is 0 Å². The third-order valence-electron chi connectivity index (χ3n) is 3.90. The van der Waals surface area contributed by atoms with Gasteiger partial charge in [-0.05, 0) is 30.0 Å². The fourth-order valence-corrected chi connectivity index (χ4v) is 2.46. The summed E-state index contributed by atoms with van der Waals surface area (Å²) < 4.78 is 0. The summed E-state index contributed by atoms with van der Waals surface area (Å²) >= 11 is 0. The molecule has 1 aromatic rings. The van der Waals surface area contributed by atoms with Gasteiger partial charge in [0.1, 0.15) is 0 Å². The van der Waals surface area contributed by atoms with E-state index >= 15 is 0 Å². The Kier molecular flexibility index (Phi) is 9.80. The third kappa shape index (κ3) is 7.21. The molecule has 0 aromatic heterocycles. The standard InChI is InChI=1S/C19H31NO2/c1-2-3-4-5-6-7-8-9-11-16-12-10-13-17(14-16)19(22)18(20)15-21/h9-14,18-19,21-22H,2-8,15,20H2,1H3/b11-9+. The van der Waals surface area contributed by atoms with Crippen LogP contribution in [0.3, 0.4) is 0 Å². The van der Waals surface area contributed by atoms with Crippen LogP contribution in [-0.2, 0) is 0 Å². The van der Waals surface area contributed by atoms with E-state index in [9.17, 15) is 5.11 Å². The molecule has 0 fully saturated rings. The average molecular weight is 305 g/mol. The fraction of sp³-hybridized carbons (Fsp3) is 0.579. The highest BCUT2D eigenvalue weighted by atomic mass is 16.3. The number of aliphatic hydroxyl groups excluding tert-OH is 2. The molecule has 0 aliphatic carbocycles. The Morgan fingerprint density at radius 3 is 2.59 bits per heavy atom. The molecular formula is C19H31NO2. The van der Waals surface area contributed by atoms with E-state index in [1.165, 1.54) is 38.5 Å². The lowest BCUT2D eigenvalue weighted by molar-refractivity contribution is 0.109. The summed E-state index contributed by atoms with van der Waals surface area (Å²) in [7, 11) is 0. The van der Waals surface area contributed by atoms with Gasteiger partial charge in [-0.1, -0.05) is 69.4 Å². The van der Waals surface area contributed by atoms with Gasteiger partial charge in [0.2, 0.25) is 0 Å². The maximum Gasteiger partial charge on any atom is 0.0963 e. The Balaban J connectivity index is 2.38. The minimum Gasteiger partial charge on any atom is -0.395 e. The number of allylic oxidation sites excluding steroid dienone is 1. The van der Waals surface area contributed by atoms with Gasteiger partial charge in [-0.25, -0.2) is 0 Å². The van der Waals surface area contributed by atoms with Gasteiger partial charge in [-0.2, -0.15) is 0 Å². The molecule has 3 heteroatoms. The minimum atomic E-state index is -0.822. The van der Waals surface area contributed by atoms with Gasteiger partial charge < -0.3 is 15.9 Å². The Labute approximate surface area is 134 Å². The molecule has 0 amide bonds. The topological polar surface area (TPSA) is 66.5 Å². The van der Waals surface area contributed by atoms with Crippen LogP contribution in [0.2, 0.25) is 0 Å². The number of benzene rings is 1. The first-order valence-electron chi connectivity index (χ1n) is 8.50. The molecule has 1 rings (SSSR count). The van der Waals surface area contributed by atoms with Crippen LogP contribution >= 0.6 is 0 Å². The highest BCUT2D eigenvalue weighted by Gasteiger charge is 2.15. The molecule has 0 radical (unpaired) electrons. The summed E-state index contributed by atoms with van der Waals surface area (Å²) in [5.41, 5.74) is 7.49. The predicted octanol–water partition coefficient (Wildman–Crippen LogP) is 3.80. The SMILES string of the molecule is CCCCCCCC/C=C/c1cccc(C(O)C(N)CO)c1. The van der Waals surface area contributed by atoms with Crippen LogP contribution in [0.4, 0.5) is 0 Å². The quantitative estimate of drug-likeness (QED) is 0.545. The van der Waals surface area contributed by atoms with Gasteiger partial charge in [0.05, 0.1) is 18.8 Å². The molecule has 0 saturated carbocycles. The van der Waals surface area contributed by atoms with Crippen molar-refractivity contribution in [1.29, 1.82) is 0 Å². The summed E-state index contributed by atoms with van der Waals surface area (Å²) in [5, 5.41) is 19.0. The molecule has 3 nitrogen and oxygen atoms in total. The van der Waals surface area contributed by atoms with Crippen LogP contribution in [0.25, 0.3) is 6.08 Å². The van der Waals surface area contributed by atoms with E-state index in [4.69, 9.17) is 10.8 Å². The lowest BCUT2D eigenvalue weighted by Gasteiger charge is -2.17. The molecular weight excluding hydrogens is 274 g/mol. The summed E-state index contributed by atoms with van der Waals surface area (Å²) in [6.07, 6.45) is 12.4. The van der Waals surface area contributed by atoms with E-state index in [1.807, 2.05) is 24.3 Å². The third-order valence-corrected chi connectivity index (χ3v) is 3.90. The molecule has 4 N–H and O–H groups in total. The van der Waals surface area contributed by atoms with Gasteiger partial charge in [-0.15, -0.1) is 0 Å². The normalized spacial score (nSPS) is 14.4. The maximum atomic E-state index is 10.0. The van der Waals surface area contributed by atoms with Gasteiger partial charge in [0.25, 0.3) is 0 Å². The van der Waals surface area contributed by atoms with Crippen molar-refractivity contribution < 1.29 is 10.2 Å². The molecule has 0 bridgehead atoms. The summed E-state index contributed by atoms with van der Waals surface area (Å²) in [5.74, 6) is 0. The van der Waals surface area contributed by atoms with Crippen molar-refractivity contribution >= 4 is 6.08 Å². The number of hydrogen-bond donors (Lipinski definition) is 3. The molecule has 0 aliphatic heterocycles. The second kappa shape index (κ2) is 11.4. The zero-order valence-electron chi connectivity index (χ0n) is 13.7. The first-order chi connectivity index (χ1) is 10.7. The number of rotatable bonds is 11. The second-order valence-electron chi connectivity index (χ2n) is 5.92. The first kappa shape index (κ1) is 18.9. The van der Waals surface area contributed by atoms with Crippen LogP contribution in [0.1, 0.15) is 69.1 Å². The van der Waals surface area contributed by atoms with Crippen molar-refractivity contribution in [3.8, 4) is 0 Å². The number of hydrogen-bond acceptors (Lipinski definition) is 3. The molecule has 0 spiro atoms. The summed E-state index contributed by atoms with van der Waals surface area (Å²) in [6.45, 7) is 2.01.